The van der Waals surface area contributed by atoms with E-state index in [0.29, 0.717) is 12.2 Å². The minimum absolute atomic E-state index is 0.430. The Morgan fingerprint density at radius 1 is 0.960 bits per heavy atom. The van der Waals surface area contributed by atoms with Gasteiger partial charge in [0.25, 0.3) is 0 Å². The normalized spacial score (nSPS) is 29.7. The van der Waals surface area contributed by atoms with E-state index in [1.165, 1.54) is 5.56 Å². The lowest BCUT2D eigenvalue weighted by Crippen LogP contribution is -2.55. The first-order valence-electron chi connectivity index (χ1n) is 8.58. The minimum atomic E-state index is -1.37. The predicted molar refractivity (Wildman–Crippen MR) is 92.1 cm³/mol. The maximum absolute atomic E-state index is 10.3. The molecule has 1 aliphatic heterocycles. The third-order valence-corrected chi connectivity index (χ3v) is 4.83. The summed E-state index contributed by atoms with van der Waals surface area (Å²) in [6, 6.07) is 12.0. The van der Waals surface area contributed by atoms with Crippen molar-refractivity contribution >= 4 is 0 Å². The van der Waals surface area contributed by atoms with Gasteiger partial charge in [-0.2, -0.15) is 0 Å². The van der Waals surface area contributed by atoms with Gasteiger partial charge < -0.3 is 29.7 Å². The monoisotopic (exact) mass is 347 g/mol. The molecule has 0 aliphatic carbocycles. The van der Waals surface area contributed by atoms with Crippen LogP contribution < -0.4 is 0 Å². The third kappa shape index (κ3) is 3.63. The van der Waals surface area contributed by atoms with Crippen LogP contribution in [-0.4, -0.2) is 56.0 Å². The van der Waals surface area contributed by atoms with Gasteiger partial charge in [0.2, 0.25) is 0 Å². The van der Waals surface area contributed by atoms with Crippen LogP contribution in [0, 0.1) is 0 Å². The maximum Gasteiger partial charge on any atom is 0.126 e. The van der Waals surface area contributed by atoms with Gasteiger partial charge in [0.15, 0.2) is 0 Å². The van der Waals surface area contributed by atoms with Crippen molar-refractivity contribution in [3.8, 4) is 0 Å². The zero-order valence-corrected chi connectivity index (χ0v) is 14.2. The molecular weight excluding hydrogens is 322 g/mol. The summed E-state index contributed by atoms with van der Waals surface area (Å²) >= 11 is 0. The van der Waals surface area contributed by atoms with Crippen LogP contribution in [0.25, 0.3) is 0 Å². The highest BCUT2D eigenvalue weighted by molar-refractivity contribution is 5.24. The highest BCUT2D eigenvalue weighted by Crippen LogP contribution is 2.32. The fourth-order valence-corrected chi connectivity index (χ4v) is 3.25. The molecule has 2 heterocycles. The number of benzene rings is 1. The highest BCUT2D eigenvalue weighted by atomic mass is 16.5. The van der Waals surface area contributed by atoms with Crippen molar-refractivity contribution in [3.05, 3.63) is 59.4 Å². The zero-order valence-electron chi connectivity index (χ0n) is 14.2. The largest absolute Gasteiger partial charge is 0.394 e. The molecule has 5 atom stereocenters. The summed E-state index contributed by atoms with van der Waals surface area (Å²) in [6.45, 7) is 2.28. The van der Waals surface area contributed by atoms with Gasteiger partial charge in [-0.3, -0.25) is 0 Å². The zero-order chi connectivity index (χ0) is 18.0. The Hall–Kier alpha value is -1.70. The van der Waals surface area contributed by atoms with Crippen molar-refractivity contribution in [2.45, 2.75) is 50.4 Å². The summed E-state index contributed by atoms with van der Waals surface area (Å²) in [4.78, 5) is 0. The second-order valence-corrected chi connectivity index (χ2v) is 6.48. The van der Waals surface area contributed by atoms with E-state index in [0.717, 1.165) is 12.0 Å². The predicted octanol–water partition coefficient (Wildman–Crippen LogP) is 0.614. The van der Waals surface area contributed by atoms with E-state index in [1.54, 1.807) is 0 Å². The average Bonchev–Trinajstić information content (AvgIpc) is 3.08. The van der Waals surface area contributed by atoms with E-state index >= 15 is 0 Å². The van der Waals surface area contributed by atoms with Gasteiger partial charge in [-0.25, -0.2) is 0 Å². The van der Waals surface area contributed by atoms with Gasteiger partial charge in [-0.05, 0) is 29.7 Å². The molecular formula is C19H25NO5. The average molecular weight is 347 g/mol. The van der Waals surface area contributed by atoms with Gasteiger partial charge in [0.1, 0.15) is 30.5 Å². The Kier molecular flexibility index (Phi) is 5.56. The standard InChI is InChI=1S/C19H25NO5/c1-2-12-5-7-13(8-6-12)10-20-9-3-4-14(20)19-18(24)17(23)16(22)15(11-21)25-19/h3-9,15-19,21-24H,2,10-11H2,1H3/t15?,16-,17?,18-,19?/m1/s1. The molecule has 3 unspecified atom stereocenters. The van der Waals surface area contributed by atoms with Crippen molar-refractivity contribution in [2.24, 2.45) is 0 Å². The second kappa shape index (κ2) is 7.68. The fraction of sp³-hybridized carbons (Fsp3) is 0.474. The molecule has 1 aromatic carbocycles. The molecule has 0 radical (unpaired) electrons. The Morgan fingerprint density at radius 2 is 1.64 bits per heavy atom. The van der Waals surface area contributed by atoms with E-state index in [1.807, 2.05) is 22.9 Å². The molecule has 0 spiro atoms. The van der Waals surface area contributed by atoms with Crippen LogP contribution in [0.1, 0.15) is 29.8 Å². The topological polar surface area (TPSA) is 95.1 Å². The first-order valence-corrected chi connectivity index (χ1v) is 8.58. The van der Waals surface area contributed by atoms with Crippen LogP contribution in [0.2, 0.25) is 0 Å². The van der Waals surface area contributed by atoms with Crippen molar-refractivity contribution < 1.29 is 25.2 Å². The summed E-state index contributed by atoms with van der Waals surface area (Å²) in [5, 5.41) is 39.6. The van der Waals surface area contributed by atoms with Crippen LogP contribution in [0.15, 0.2) is 42.6 Å². The molecule has 6 heteroatoms. The summed E-state index contributed by atoms with van der Waals surface area (Å²) in [5.41, 5.74) is 3.07. The van der Waals surface area contributed by atoms with E-state index < -0.39 is 37.1 Å². The van der Waals surface area contributed by atoms with Crippen LogP contribution in [-0.2, 0) is 17.7 Å². The van der Waals surface area contributed by atoms with Gasteiger partial charge in [0, 0.05) is 18.4 Å². The van der Waals surface area contributed by atoms with Gasteiger partial charge >= 0.3 is 0 Å². The van der Waals surface area contributed by atoms with Crippen LogP contribution in [0.3, 0.4) is 0 Å². The van der Waals surface area contributed by atoms with E-state index in [9.17, 15) is 20.4 Å². The van der Waals surface area contributed by atoms with Gasteiger partial charge in [-0.1, -0.05) is 31.2 Å². The number of hydrogen-bond acceptors (Lipinski definition) is 5. The lowest BCUT2D eigenvalue weighted by atomic mass is 9.93. The Bertz CT molecular complexity index is 681. The summed E-state index contributed by atoms with van der Waals surface area (Å²) < 4.78 is 7.60. The van der Waals surface area contributed by atoms with Gasteiger partial charge in [0.05, 0.1) is 6.61 Å². The lowest BCUT2D eigenvalue weighted by Gasteiger charge is -2.40. The highest BCUT2D eigenvalue weighted by Gasteiger charge is 2.44. The summed E-state index contributed by atoms with van der Waals surface area (Å²) in [6.07, 6.45) is -2.85. The van der Waals surface area contributed by atoms with E-state index in [2.05, 4.69) is 31.2 Å². The molecule has 4 N–H and O–H groups in total. The number of hydrogen-bond donors (Lipinski definition) is 4. The molecule has 25 heavy (non-hydrogen) atoms. The lowest BCUT2D eigenvalue weighted by molar-refractivity contribution is -0.233. The molecule has 1 fully saturated rings. The molecule has 1 aliphatic rings. The first kappa shape index (κ1) is 18.1. The maximum atomic E-state index is 10.3. The number of aliphatic hydroxyl groups is 4. The molecule has 0 amide bonds. The van der Waals surface area contributed by atoms with Crippen molar-refractivity contribution in [3.63, 3.8) is 0 Å². The molecule has 1 aromatic heterocycles. The van der Waals surface area contributed by atoms with Crippen LogP contribution in [0.4, 0.5) is 0 Å². The molecule has 136 valence electrons. The number of ether oxygens (including phenoxy) is 1. The Balaban J connectivity index is 1.82. The molecule has 1 saturated heterocycles. The number of aromatic nitrogens is 1. The molecule has 6 nitrogen and oxygen atoms in total. The summed E-state index contributed by atoms with van der Waals surface area (Å²) in [7, 11) is 0. The molecule has 3 rings (SSSR count). The molecule has 2 aromatic rings. The van der Waals surface area contributed by atoms with Gasteiger partial charge in [-0.15, -0.1) is 0 Å². The smallest absolute Gasteiger partial charge is 0.126 e. The second-order valence-electron chi connectivity index (χ2n) is 6.48. The third-order valence-electron chi connectivity index (χ3n) is 4.83. The van der Waals surface area contributed by atoms with Crippen molar-refractivity contribution in [1.82, 2.24) is 4.57 Å². The van der Waals surface area contributed by atoms with Crippen LogP contribution in [0.5, 0.6) is 0 Å². The quantitative estimate of drug-likeness (QED) is 0.636. The number of nitrogens with zero attached hydrogens (tertiary/aromatic N) is 1. The number of aryl methyl sites for hydroxylation is 1. The van der Waals surface area contributed by atoms with Crippen LogP contribution >= 0.6 is 0 Å². The minimum Gasteiger partial charge on any atom is -0.394 e. The summed E-state index contributed by atoms with van der Waals surface area (Å²) in [5.74, 6) is 0. The first-order chi connectivity index (χ1) is 12.0. The van der Waals surface area contributed by atoms with E-state index in [-0.39, 0.29) is 0 Å². The van der Waals surface area contributed by atoms with Crippen molar-refractivity contribution in [1.29, 1.82) is 0 Å². The number of aliphatic hydroxyl groups excluding tert-OH is 4. The SMILES string of the molecule is CCc1ccc(Cn2cccc2C2OC(CO)[C@@H](O)C(O)[C@H]2O)cc1. The number of rotatable bonds is 5. The fourth-order valence-electron chi connectivity index (χ4n) is 3.25. The van der Waals surface area contributed by atoms with Crippen molar-refractivity contribution in [2.75, 3.05) is 6.61 Å². The Labute approximate surface area is 146 Å². The molecule has 0 bridgehead atoms. The molecule has 0 saturated carbocycles. The van der Waals surface area contributed by atoms with E-state index in [4.69, 9.17) is 4.74 Å². The Morgan fingerprint density at radius 3 is 2.28 bits per heavy atom.